The zero-order valence-corrected chi connectivity index (χ0v) is 13.0. The molecule has 0 aliphatic rings. The van der Waals surface area contributed by atoms with Gasteiger partial charge in [-0.1, -0.05) is 39.7 Å². The molecule has 0 heterocycles. The average molecular weight is 358 g/mol. The summed E-state index contributed by atoms with van der Waals surface area (Å²) in [6, 6.07) is 13.8. The molecule has 0 bridgehead atoms. The monoisotopic (exact) mass is 356 g/mol. The Labute approximate surface area is 127 Å². The third-order valence-electron chi connectivity index (χ3n) is 2.49. The first-order valence-electron chi connectivity index (χ1n) is 5.49. The first-order valence-corrected chi connectivity index (χ1v) is 7.98. The summed E-state index contributed by atoms with van der Waals surface area (Å²) in [6.07, 6.45) is 0. The predicted octanol–water partition coefficient (Wildman–Crippen LogP) is 4.09. The van der Waals surface area contributed by atoms with Gasteiger partial charge in [-0.15, -0.1) is 0 Å². The van der Waals surface area contributed by atoms with Crippen LogP contribution in [0.1, 0.15) is 10.4 Å². The van der Waals surface area contributed by atoms with Gasteiger partial charge in [0.05, 0.1) is 16.6 Å². The van der Waals surface area contributed by atoms with Gasteiger partial charge in [0.1, 0.15) is 0 Å². The van der Waals surface area contributed by atoms with Crippen LogP contribution in [0.4, 0.5) is 0 Å². The lowest BCUT2D eigenvalue weighted by molar-refractivity contribution is 0.102. The highest BCUT2D eigenvalue weighted by molar-refractivity contribution is 9.10. The molecular weight excluding hydrogens is 348 g/mol. The number of Topliss-reactive ketones (excluding diaryl/α,β-unsaturated/α-hetero) is 1. The van der Waals surface area contributed by atoms with E-state index in [-0.39, 0.29) is 11.5 Å². The van der Waals surface area contributed by atoms with E-state index in [0.717, 1.165) is 4.47 Å². The molecule has 0 amide bonds. The Hall–Kier alpha value is -0.970. The molecule has 0 spiro atoms. The Morgan fingerprint density at radius 2 is 1.84 bits per heavy atom. The number of rotatable bonds is 4. The van der Waals surface area contributed by atoms with Crippen molar-refractivity contribution in [1.29, 1.82) is 0 Å². The second-order valence-corrected chi connectivity index (χ2v) is 6.68. The lowest BCUT2D eigenvalue weighted by Crippen LogP contribution is -2.11. The van der Waals surface area contributed by atoms with Gasteiger partial charge in [-0.2, -0.15) is 0 Å². The van der Waals surface area contributed by atoms with E-state index in [1.54, 1.807) is 48.5 Å². The van der Waals surface area contributed by atoms with Crippen LogP contribution in [0.3, 0.4) is 0 Å². The van der Waals surface area contributed by atoms with Gasteiger partial charge in [0.2, 0.25) is 0 Å². The van der Waals surface area contributed by atoms with E-state index in [0.29, 0.717) is 15.5 Å². The SMILES string of the molecule is O=C(CS(=O)c1ccc(Br)cc1)c1cccc(Cl)c1. The number of hydrogen-bond acceptors (Lipinski definition) is 2. The van der Waals surface area contributed by atoms with Gasteiger partial charge in [-0.25, -0.2) is 0 Å². The molecule has 2 nitrogen and oxygen atoms in total. The largest absolute Gasteiger partial charge is 0.293 e. The summed E-state index contributed by atoms with van der Waals surface area (Å²) >= 11 is 9.14. The Balaban J connectivity index is 2.11. The summed E-state index contributed by atoms with van der Waals surface area (Å²) in [5.41, 5.74) is 0.484. The first-order chi connectivity index (χ1) is 9.06. The summed E-state index contributed by atoms with van der Waals surface area (Å²) in [6.45, 7) is 0. The number of halogens is 2. The van der Waals surface area contributed by atoms with Crippen LogP contribution in [-0.2, 0) is 10.8 Å². The molecule has 1 atom stereocenters. The Morgan fingerprint density at radius 1 is 1.16 bits per heavy atom. The molecule has 0 aromatic heterocycles. The van der Waals surface area contributed by atoms with Crippen molar-refractivity contribution < 1.29 is 9.00 Å². The van der Waals surface area contributed by atoms with Gasteiger partial charge < -0.3 is 0 Å². The highest BCUT2D eigenvalue weighted by Gasteiger charge is 2.12. The zero-order valence-electron chi connectivity index (χ0n) is 9.81. The summed E-state index contributed by atoms with van der Waals surface area (Å²) in [7, 11) is -1.34. The van der Waals surface area contributed by atoms with Crippen LogP contribution in [0, 0.1) is 0 Å². The summed E-state index contributed by atoms with van der Waals surface area (Å²) in [5.74, 6) is -0.217. The molecule has 0 saturated carbocycles. The molecule has 0 aliphatic carbocycles. The third kappa shape index (κ3) is 4.00. The normalized spacial score (nSPS) is 12.1. The molecule has 2 aromatic rings. The van der Waals surface area contributed by atoms with Crippen molar-refractivity contribution >= 4 is 44.1 Å². The number of hydrogen-bond donors (Lipinski definition) is 0. The van der Waals surface area contributed by atoms with Gasteiger partial charge in [0.15, 0.2) is 5.78 Å². The molecule has 2 rings (SSSR count). The smallest absolute Gasteiger partial charge is 0.175 e. The van der Waals surface area contributed by atoms with E-state index in [2.05, 4.69) is 15.9 Å². The Bertz CT molecular complexity index is 626. The molecule has 1 unspecified atom stereocenters. The van der Waals surface area contributed by atoms with E-state index in [9.17, 15) is 9.00 Å². The molecule has 98 valence electrons. The standard InChI is InChI=1S/C14H10BrClO2S/c15-11-4-6-13(7-5-11)19(18)9-14(17)10-2-1-3-12(16)8-10/h1-8H,9H2. The Morgan fingerprint density at radius 3 is 2.47 bits per heavy atom. The summed E-state index contributed by atoms with van der Waals surface area (Å²) < 4.78 is 13.0. The number of carbonyl (C=O) groups excluding carboxylic acids is 1. The molecule has 5 heteroatoms. The predicted molar refractivity (Wildman–Crippen MR) is 81.2 cm³/mol. The third-order valence-corrected chi connectivity index (χ3v) is 4.57. The zero-order chi connectivity index (χ0) is 13.8. The van der Waals surface area contributed by atoms with Gasteiger partial charge in [-0.3, -0.25) is 9.00 Å². The fraction of sp³-hybridized carbons (Fsp3) is 0.0714. The average Bonchev–Trinajstić information content (AvgIpc) is 2.39. The molecule has 0 N–H and O–H groups in total. The lowest BCUT2D eigenvalue weighted by atomic mass is 10.1. The second kappa shape index (κ2) is 6.46. The fourth-order valence-corrected chi connectivity index (χ4v) is 3.00. The Kier molecular flexibility index (Phi) is 4.91. The molecule has 0 saturated heterocycles. The van der Waals surface area contributed by atoms with Crippen molar-refractivity contribution in [2.45, 2.75) is 4.90 Å². The van der Waals surface area contributed by atoms with Crippen molar-refractivity contribution in [1.82, 2.24) is 0 Å². The van der Waals surface area contributed by atoms with Gasteiger partial charge in [0, 0.05) is 20.0 Å². The van der Waals surface area contributed by atoms with Crippen molar-refractivity contribution in [3.63, 3.8) is 0 Å². The van der Waals surface area contributed by atoms with Crippen molar-refractivity contribution in [3.8, 4) is 0 Å². The molecule has 0 aliphatic heterocycles. The highest BCUT2D eigenvalue weighted by atomic mass is 79.9. The minimum Gasteiger partial charge on any atom is -0.293 e. The maximum Gasteiger partial charge on any atom is 0.175 e. The van der Waals surface area contributed by atoms with E-state index < -0.39 is 10.8 Å². The molecule has 0 radical (unpaired) electrons. The van der Waals surface area contributed by atoms with Crippen LogP contribution in [0.25, 0.3) is 0 Å². The topological polar surface area (TPSA) is 34.1 Å². The maximum atomic E-state index is 12.1. The van der Waals surface area contributed by atoms with Crippen LogP contribution >= 0.6 is 27.5 Å². The van der Waals surface area contributed by atoms with Crippen molar-refractivity contribution in [2.24, 2.45) is 0 Å². The van der Waals surface area contributed by atoms with Crippen molar-refractivity contribution in [2.75, 3.05) is 5.75 Å². The van der Waals surface area contributed by atoms with E-state index in [1.165, 1.54) is 0 Å². The first kappa shape index (κ1) is 14.4. The summed E-state index contributed by atoms with van der Waals surface area (Å²) in [5, 5.41) is 0.500. The number of carbonyl (C=O) groups is 1. The lowest BCUT2D eigenvalue weighted by Gasteiger charge is -2.03. The van der Waals surface area contributed by atoms with E-state index in [1.807, 2.05) is 0 Å². The van der Waals surface area contributed by atoms with Gasteiger partial charge in [0.25, 0.3) is 0 Å². The van der Waals surface area contributed by atoms with Crippen LogP contribution < -0.4 is 0 Å². The minimum atomic E-state index is -1.34. The van der Waals surface area contributed by atoms with Crippen LogP contribution in [-0.4, -0.2) is 15.7 Å². The van der Waals surface area contributed by atoms with Crippen LogP contribution in [0.15, 0.2) is 57.9 Å². The van der Waals surface area contributed by atoms with Crippen molar-refractivity contribution in [3.05, 3.63) is 63.6 Å². The van der Waals surface area contributed by atoms with Crippen LogP contribution in [0.5, 0.6) is 0 Å². The number of benzene rings is 2. The highest BCUT2D eigenvalue weighted by Crippen LogP contribution is 2.16. The molecule has 0 fully saturated rings. The minimum absolute atomic E-state index is 0.0397. The quantitative estimate of drug-likeness (QED) is 0.772. The van der Waals surface area contributed by atoms with Gasteiger partial charge >= 0.3 is 0 Å². The fourth-order valence-electron chi connectivity index (χ4n) is 1.53. The van der Waals surface area contributed by atoms with Gasteiger partial charge in [-0.05, 0) is 36.4 Å². The second-order valence-electron chi connectivity index (χ2n) is 3.88. The molecule has 2 aromatic carbocycles. The molecular formula is C14H10BrClO2S. The molecule has 19 heavy (non-hydrogen) atoms. The maximum absolute atomic E-state index is 12.1. The number of ketones is 1. The van der Waals surface area contributed by atoms with E-state index >= 15 is 0 Å². The van der Waals surface area contributed by atoms with Crippen LogP contribution in [0.2, 0.25) is 5.02 Å². The summed E-state index contributed by atoms with van der Waals surface area (Å²) in [4.78, 5) is 12.6. The van der Waals surface area contributed by atoms with E-state index in [4.69, 9.17) is 11.6 Å².